The molecule has 1 aromatic carbocycles. The molecular weight excluding hydrogens is 210 g/mol. The van der Waals surface area contributed by atoms with Gasteiger partial charge in [0.05, 0.1) is 0 Å². The second-order valence-corrected chi connectivity index (χ2v) is 3.45. The molecule has 0 radical (unpaired) electrons. The van der Waals surface area contributed by atoms with Crippen LogP contribution in [0.1, 0.15) is 23.2 Å². The first-order valence-electron chi connectivity index (χ1n) is 4.91. The standard InChI is InChI=1S/C12H14ClNO/c13-9-5-2-6-10-14-12(15)11-7-3-1-4-8-11/h1,3-4,6-8,10H,2,5,9H2,(H,14,15). The predicted molar refractivity (Wildman–Crippen MR) is 63.0 cm³/mol. The number of unbranched alkanes of at least 4 members (excludes halogenated alkanes) is 1. The summed E-state index contributed by atoms with van der Waals surface area (Å²) in [4.78, 5) is 11.5. The van der Waals surface area contributed by atoms with Crippen LogP contribution < -0.4 is 5.32 Å². The Kier molecular flexibility index (Phi) is 5.56. The van der Waals surface area contributed by atoms with Gasteiger partial charge in [0.25, 0.3) is 5.91 Å². The van der Waals surface area contributed by atoms with Crippen molar-refractivity contribution in [1.82, 2.24) is 5.32 Å². The molecule has 1 amide bonds. The Morgan fingerprint density at radius 2 is 2.07 bits per heavy atom. The number of amides is 1. The number of nitrogens with one attached hydrogen (secondary N) is 1. The van der Waals surface area contributed by atoms with Gasteiger partial charge in [0.15, 0.2) is 0 Å². The van der Waals surface area contributed by atoms with Crippen LogP contribution in [0.2, 0.25) is 0 Å². The molecule has 0 fully saturated rings. The van der Waals surface area contributed by atoms with Crippen molar-refractivity contribution in [2.24, 2.45) is 0 Å². The van der Waals surface area contributed by atoms with E-state index in [0.29, 0.717) is 11.4 Å². The number of rotatable bonds is 5. The molecule has 1 N–H and O–H groups in total. The lowest BCUT2D eigenvalue weighted by atomic mass is 10.2. The number of carbonyl (C=O) groups is 1. The molecule has 80 valence electrons. The number of halogens is 1. The fourth-order valence-corrected chi connectivity index (χ4v) is 1.24. The quantitative estimate of drug-likeness (QED) is 0.604. The number of hydrogen-bond acceptors (Lipinski definition) is 1. The summed E-state index contributed by atoms with van der Waals surface area (Å²) in [6.07, 6.45) is 5.39. The van der Waals surface area contributed by atoms with E-state index in [1.165, 1.54) is 0 Å². The van der Waals surface area contributed by atoms with Gasteiger partial charge in [0, 0.05) is 17.6 Å². The van der Waals surface area contributed by atoms with Crippen molar-refractivity contribution in [1.29, 1.82) is 0 Å². The van der Waals surface area contributed by atoms with Gasteiger partial charge >= 0.3 is 0 Å². The van der Waals surface area contributed by atoms with E-state index in [1.807, 2.05) is 24.3 Å². The smallest absolute Gasteiger partial charge is 0.255 e. The van der Waals surface area contributed by atoms with Crippen LogP contribution in [0.15, 0.2) is 42.6 Å². The van der Waals surface area contributed by atoms with E-state index in [9.17, 15) is 4.79 Å². The van der Waals surface area contributed by atoms with Gasteiger partial charge in [0.2, 0.25) is 0 Å². The van der Waals surface area contributed by atoms with Crippen LogP contribution in [0.4, 0.5) is 0 Å². The van der Waals surface area contributed by atoms with Crippen LogP contribution in [0.25, 0.3) is 0 Å². The average Bonchev–Trinajstić information content (AvgIpc) is 2.30. The molecule has 0 unspecified atom stereocenters. The van der Waals surface area contributed by atoms with Crippen LogP contribution in [0, 0.1) is 0 Å². The molecule has 0 bridgehead atoms. The molecule has 0 aliphatic carbocycles. The van der Waals surface area contributed by atoms with E-state index in [4.69, 9.17) is 11.6 Å². The lowest BCUT2D eigenvalue weighted by Gasteiger charge is -1.98. The molecule has 1 rings (SSSR count). The molecule has 0 saturated carbocycles. The Bertz CT molecular complexity index is 322. The molecule has 0 aliphatic rings. The Hall–Kier alpha value is -1.28. The minimum absolute atomic E-state index is 0.0854. The second kappa shape index (κ2) is 7.07. The third kappa shape index (κ3) is 4.66. The van der Waals surface area contributed by atoms with Crippen LogP contribution in [0.3, 0.4) is 0 Å². The van der Waals surface area contributed by atoms with Crippen molar-refractivity contribution in [2.75, 3.05) is 5.88 Å². The Balaban J connectivity index is 2.34. The Morgan fingerprint density at radius 3 is 2.73 bits per heavy atom. The van der Waals surface area contributed by atoms with Crippen molar-refractivity contribution in [3.63, 3.8) is 0 Å². The highest BCUT2D eigenvalue weighted by molar-refractivity contribution is 6.17. The zero-order chi connectivity index (χ0) is 10.9. The topological polar surface area (TPSA) is 29.1 Å². The highest BCUT2D eigenvalue weighted by Crippen LogP contribution is 1.98. The van der Waals surface area contributed by atoms with Crippen LogP contribution in [0.5, 0.6) is 0 Å². The minimum Gasteiger partial charge on any atom is -0.329 e. The highest BCUT2D eigenvalue weighted by atomic mass is 35.5. The Labute approximate surface area is 94.9 Å². The van der Waals surface area contributed by atoms with Gasteiger partial charge in [0.1, 0.15) is 0 Å². The third-order valence-electron chi connectivity index (χ3n) is 1.87. The monoisotopic (exact) mass is 223 g/mol. The van der Waals surface area contributed by atoms with Gasteiger partial charge in [-0.1, -0.05) is 24.3 Å². The van der Waals surface area contributed by atoms with E-state index >= 15 is 0 Å². The van der Waals surface area contributed by atoms with Crippen LogP contribution in [-0.2, 0) is 0 Å². The molecule has 0 heterocycles. The Morgan fingerprint density at radius 1 is 1.33 bits per heavy atom. The minimum atomic E-state index is -0.0854. The van der Waals surface area contributed by atoms with Gasteiger partial charge in [-0.05, 0) is 25.0 Å². The van der Waals surface area contributed by atoms with Gasteiger partial charge in [-0.3, -0.25) is 4.79 Å². The SMILES string of the molecule is O=C(NC=CCCCCl)c1ccccc1. The zero-order valence-corrected chi connectivity index (χ0v) is 9.20. The maximum absolute atomic E-state index is 11.5. The van der Waals surface area contributed by atoms with Crippen molar-refractivity contribution in [3.8, 4) is 0 Å². The second-order valence-electron chi connectivity index (χ2n) is 3.07. The molecular formula is C12H14ClNO. The molecule has 0 aliphatic heterocycles. The zero-order valence-electron chi connectivity index (χ0n) is 8.45. The normalized spacial score (nSPS) is 10.5. The number of carbonyl (C=O) groups excluding carboxylic acids is 1. The molecule has 0 saturated heterocycles. The van der Waals surface area contributed by atoms with Gasteiger partial charge < -0.3 is 5.32 Å². The number of hydrogen-bond donors (Lipinski definition) is 1. The first-order chi connectivity index (χ1) is 7.34. The molecule has 2 nitrogen and oxygen atoms in total. The first kappa shape index (κ1) is 11.8. The number of benzene rings is 1. The number of alkyl halides is 1. The first-order valence-corrected chi connectivity index (χ1v) is 5.45. The van der Waals surface area contributed by atoms with E-state index in [0.717, 1.165) is 12.8 Å². The summed E-state index contributed by atoms with van der Waals surface area (Å²) < 4.78 is 0. The average molecular weight is 224 g/mol. The fraction of sp³-hybridized carbons (Fsp3) is 0.250. The van der Waals surface area contributed by atoms with E-state index in [2.05, 4.69) is 5.32 Å². The molecule has 0 spiro atoms. The summed E-state index contributed by atoms with van der Waals surface area (Å²) in [6, 6.07) is 9.12. The number of allylic oxidation sites excluding steroid dienone is 1. The summed E-state index contributed by atoms with van der Waals surface area (Å²) >= 11 is 5.52. The van der Waals surface area contributed by atoms with Crippen LogP contribution >= 0.6 is 11.6 Å². The summed E-state index contributed by atoms with van der Waals surface area (Å²) in [7, 11) is 0. The fourth-order valence-electron chi connectivity index (χ4n) is 1.09. The van der Waals surface area contributed by atoms with Gasteiger partial charge in [-0.2, -0.15) is 0 Å². The lowest BCUT2D eigenvalue weighted by molar-refractivity contribution is 0.0970. The predicted octanol–water partition coefficient (Wildman–Crippen LogP) is 2.95. The molecule has 1 aromatic rings. The van der Waals surface area contributed by atoms with Gasteiger partial charge in [-0.25, -0.2) is 0 Å². The van der Waals surface area contributed by atoms with E-state index in [1.54, 1.807) is 18.3 Å². The third-order valence-corrected chi connectivity index (χ3v) is 2.14. The summed E-state index contributed by atoms with van der Waals surface area (Å²) in [5.74, 6) is 0.564. The molecule has 0 atom stereocenters. The van der Waals surface area contributed by atoms with Crippen molar-refractivity contribution < 1.29 is 4.79 Å². The van der Waals surface area contributed by atoms with Gasteiger partial charge in [-0.15, -0.1) is 11.6 Å². The summed E-state index contributed by atoms with van der Waals surface area (Å²) in [6.45, 7) is 0. The maximum Gasteiger partial charge on any atom is 0.255 e. The molecule has 3 heteroatoms. The molecule has 15 heavy (non-hydrogen) atoms. The summed E-state index contributed by atoms with van der Waals surface area (Å²) in [5, 5.41) is 2.70. The van der Waals surface area contributed by atoms with E-state index < -0.39 is 0 Å². The van der Waals surface area contributed by atoms with E-state index in [-0.39, 0.29) is 5.91 Å². The van der Waals surface area contributed by atoms with Crippen molar-refractivity contribution in [3.05, 3.63) is 48.2 Å². The summed E-state index contributed by atoms with van der Waals surface area (Å²) in [5.41, 5.74) is 0.666. The largest absolute Gasteiger partial charge is 0.329 e. The van der Waals surface area contributed by atoms with Crippen molar-refractivity contribution in [2.45, 2.75) is 12.8 Å². The lowest BCUT2D eigenvalue weighted by Crippen LogP contribution is -2.16. The van der Waals surface area contributed by atoms with Crippen LogP contribution in [-0.4, -0.2) is 11.8 Å². The van der Waals surface area contributed by atoms with Crippen molar-refractivity contribution >= 4 is 17.5 Å². The molecule has 0 aromatic heterocycles. The maximum atomic E-state index is 11.5. The highest BCUT2D eigenvalue weighted by Gasteiger charge is 1.99.